The first-order valence-electron chi connectivity index (χ1n) is 7.43. The molecule has 5 heteroatoms. The summed E-state index contributed by atoms with van der Waals surface area (Å²) in [6.45, 7) is 4.67. The van der Waals surface area contributed by atoms with Gasteiger partial charge in [0.15, 0.2) is 0 Å². The number of ether oxygens (including phenoxy) is 1. The molecule has 1 aliphatic carbocycles. The second kappa shape index (κ2) is 7.38. The SMILES string of the molecule is CCOC1CC(N)C1NC(=O)CC(C)c1ccc(Br)cc1. The third-order valence-corrected chi connectivity index (χ3v) is 4.53. The predicted octanol–water partition coefficient (Wildman–Crippen LogP) is 2.56. The normalized spacial score (nSPS) is 26.0. The molecule has 2 rings (SSSR count). The van der Waals surface area contributed by atoms with Crippen molar-refractivity contribution < 1.29 is 9.53 Å². The van der Waals surface area contributed by atoms with Crippen molar-refractivity contribution in [3.8, 4) is 0 Å². The van der Waals surface area contributed by atoms with Crippen molar-refractivity contribution in [1.29, 1.82) is 0 Å². The molecule has 0 saturated heterocycles. The zero-order chi connectivity index (χ0) is 15.4. The molecule has 0 heterocycles. The number of rotatable bonds is 6. The third-order valence-electron chi connectivity index (χ3n) is 4.01. The second-order valence-corrected chi connectivity index (χ2v) is 6.56. The summed E-state index contributed by atoms with van der Waals surface area (Å²) in [7, 11) is 0. The van der Waals surface area contributed by atoms with Crippen LogP contribution in [0, 0.1) is 0 Å². The number of nitrogens with one attached hydrogen (secondary N) is 1. The zero-order valence-corrected chi connectivity index (χ0v) is 14.1. The number of nitrogens with two attached hydrogens (primary N) is 1. The van der Waals surface area contributed by atoms with Crippen LogP contribution in [0.15, 0.2) is 28.7 Å². The second-order valence-electron chi connectivity index (χ2n) is 5.64. The molecular weight excluding hydrogens is 332 g/mol. The van der Waals surface area contributed by atoms with Gasteiger partial charge in [0, 0.05) is 23.5 Å². The zero-order valence-electron chi connectivity index (χ0n) is 12.5. The lowest BCUT2D eigenvalue weighted by atomic mass is 9.83. The average Bonchev–Trinajstić information content (AvgIpc) is 2.45. The van der Waals surface area contributed by atoms with Gasteiger partial charge in [-0.1, -0.05) is 35.0 Å². The van der Waals surface area contributed by atoms with Crippen LogP contribution in [0.5, 0.6) is 0 Å². The monoisotopic (exact) mass is 354 g/mol. The fraction of sp³-hybridized carbons (Fsp3) is 0.562. The fourth-order valence-corrected chi connectivity index (χ4v) is 2.92. The number of benzene rings is 1. The van der Waals surface area contributed by atoms with Crippen LogP contribution in [-0.4, -0.2) is 30.7 Å². The smallest absolute Gasteiger partial charge is 0.220 e. The van der Waals surface area contributed by atoms with E-state index in [0.29, 0.717) is 13.0 Å². The highest BCUT2D eigenvalue weighted by atomic mass is 79.9. The number of amides is 1. The van der Waals surface area contributed by atoms with Crippen molar-refractivity contribution in [2.75, 3.05) is 6.61 Å². The molecule has 21 heavy (non-hydrogen) atoms. The highest BCUT2D eigenvalue weighted by molar-refractivity contribution is 9.10. The standard InChI is InChI=1S/C16H23BrN2O2/c1-3-21-14-9-13(18)16(14)19-15(20)8-10(2)11-4-6-12(17)7-5-11/h4-7,10,13-14,16H,3,8-9,18H2,1-2H3,(H,19,20). The molecule has 3 N–H and O–H groups in total. The largest absolute Gasteiger partial charge is 0.376 e. The van der Waals surface area contributed by atoms with Gasteiger partial charge < -0.3 is 15.8 Å². The molecule has 0 aliphatic heterocycles. The number of hydrogen-bond acceptors (Lipinski definition) is 3. The van der Waals surface area contributed by atoms with Gasteiger partial charge in [0.25, 0.3) is 0 Å². The van der Waals surface area contributed by atoms with Gasteiger partial charge in [-0.2, -0.15) is 0 Å². The molecule has 4 nitrogen and oxygen atoms in total. The lowest BCUT2D eigenvalue weighted by Gasteiger charge is -2.42. The summed E-state index contributed by atoms with van der Waals surface area (Å²) in [5.41, 5.74) is 7.11. The molecule has 1 saturated carbocycles. The van der Waals surface area contributed by atoms with Gasteiger partial charge in [0.2, 0.25) is 5.91 Å². The minimum Gasteiger partial charge on any atom is -0.376 e. The van der Waals surface area contributed by atoms with E-state index in [9.17, 15) is 4.79 Å². The van der Waals surface area contributed by atoms with Gasteiger partial charge in [-0.25, -0.2) is 0 Å². The van der Waals surface area contributed by atoms with Crippen LogP contribution in [0.4, 0.5) is 0 Å². The van der Waals surface area contributed by atoms with Crippen LogP contribution < -0.4 is 11.1 Å². The molecule has 0 radical (unpaired) electrons. The van der Waals surface area contributed by atoms with Gasteiger partial charge in [-0.15, -0.1) is 0 Å². The molecule has 1 aliphatic rings. The van der Waals surface area contributed by atoms with Crippen molar-refractivity contribution in [2.45, 2.75) is 50.8 Å². The van der Waals surface area contributed by atoms with E-state index >= 15 is 0 Å². The van der Waals surface area contributed by atoms with Crippen LogP contribution in [0.1, 0.15) is 38.2 Å². The molecule has 1 aromatic carbocycles. The lowest BCUT2D eigenvalue weighted by Crippen LogP contribution is -2.64. The summed E-state index contributed by atoms with van der Waals surface area (Å²) in [6.07, 6.45) is 1.35. The summed E-state index contributed by atoms with van der Waals surface area (Å²) in [5, 5.41) is 3.01. The van der Waals surface area contributed by atoms with Crippen LogP contribution >= 0.6 is 15.9 Å². The predicted molar refractivity (Wildman–Crippen MR) is 87.1 cm³/mol. The quantitative estimate of drug-likeness (QED) is 0.824. The van der Waals surface area contributed by atoms with Gasteiger partial charge >= 0.3 is 0 Å². The molecule has 1 fully saturated rings. The summed E-state index contributed by atoms with van der Waals surface area (Å²) in [6, 6.07) is 8.04. The first-order chi connectivity index (χ1) is 10.0. The topological polar surface area (TPSA) is 64.3 Å². The Balaban J connectivity index is 1.85. The molecule has 1 amide bonds. The van der Waals surface area contributed by atoms with E-state index < -0.39 is 0 Å². The van der Waals surface area contributed by atoms with Crippen molar-refractivity contribution in [3.05, 3.63) is 34.3 Å². The molecule has 1 aromatic rings. The van der Waals surface area contributed by atoms with Crippen LogP contribution in [0.3, 0.4) is 0 Å². The first kappa shape index (κ1) is 16.5. The summed E-state index contributed by atoms with van der Waals surface area (Å²) < 4.78 is 6.61. The van der Waals surface area contributed by atoms with E-state index in [1.54, 1.807) is 0 Å². The van der Waals surface area contributed by atoms with Crippen molar-refractivity contribution in [1.82, 2.24) is 5.32 Å². The molecule has 116 valence electrons. The maximum atomic E-state index is 12.2. The minimum atomic E-state index is -0.0467. The van der Waals surface area contributed by atoms with Gasteiger partial charge in [-0.05, 0) is 37.0 Å². The van der Waals surface area contributed by atoms with Crippen LogP contribution in [-0.2, 0) is 9.53 Å². The Morgan fingerprint density at radius 1 is 1.48 bits per heavy atom. The van der Waals surface area contributed by atoms with E-state index in [2.05, 4.69) is 28.2 Å². The van der Waals surface area contributed by atoms with E-state index in [0.717, 1.165) is 16.5 Å². The Hall–Kier alpha value is -0.910. The number of carbonyl (C=O) groups is 1. The van der Waals surface area contributed by atoms with E-state index in [1.165, 1.54) is 0 Å². The highest BCUT2D eigenvalue weighted by Gasteiger charge is 2.40. The molecular formula is C16H23BrN2O2. The fourth-order valence-electron chi connectivity index (χ4n) is 2.66. The van der Waals surface area contributed by atoms with E-state index in [1.807, 2.05) is 31.2 Å². The molecule has 0 spiro atoms. The Bertz CT molecular complexity index is 476. The van der Waals surface area contributed by atoms with Gasteiger partial charge in [-0.3, -0.25) is 4.79 Å². The molecule has 4 unspecified atom stereocenters. The molecule has 4 atom stereocenters. The maximum Gasteiger partial charge on any atom is 0.220 e. The van der Waals surface area contributed by atoms with Crippen molar-refractivity contribution in [2.24, 2.45) is 5.73 Å². The maximum absolute atomic E-state index is 12.2. The Morgan fingerprint density at radius 3 is 2.71 bits per heavy atom. The Morgan fingerprint density at radius 2 is 2.14 bits per heavy atom. The Kier molecular flexibility index (Phi) is 5.79. The van der Waals surface area contributed by atoms with E-state index in [4.69, 9.17) is 10.5 Å². The third kappa shape index (κ3) is 4.28. The number of halogens is 1. The first-order valence-corrected chi connectivity index (χ1v) is 8.22. The highest BCUT2D eigenvalue weighted by Crippen LogP contribution is 2.24. The number of hydrogen-bond donors (Lipinski definition) is 2. The van der Waals surface area contributed by atoms with Crippen LogP contribution in [0.2, 0.25) is 0 Å². The lowest BCUT2D eigenvalue weighted by molar-refractivity contribution is -0.126. The molecule has 0 bridgehead atoms. The van der Waals surface area contributed by atoms with Gasteiger partial charge in [0.1, 0.15) is 0 Å². The van der Waals surface area contributed by atoms with Crippen molar-refractivity contribution >= 4 is 21.8 Å². The van der Waals surface area contributed by atoms with E-state index in [-0.39, 0.29) is 30.0 Å². The molecule has 0 aromatic heterocycles. The number of carbonyl (C=O) groups excluding carboxylic acids is 1. The summed E-state index contributed by atoms with van der Waals surface area (Å²) in [4.78, 5) is 12.2. The average molecular weight is 355 g/mol. The summed E-state index contributed by atoms with van der Waals surface area (Å²) >= 11 is 3.42. The van der Waals surface area contributed by atoms with Gasteiger partial charge in [0.05, 0.1) is 12.1 Å². The Labute approximate surface area is 134 Å². The van der Waals surface area contributed by atoms with Crippen molar-refractivity contribution in [3.63, 3.8) is 0 Å². The minimum absolute atomic E-state index is 0.00786. The van der Waals surface area contributed by atoms with Crippen LogP contribution in [0.25, 0.3) is 0 Å². The summed E-state index contributed by atoms with van der Waals surface area (Å²) in [5.74, 6) is 0.218.